The van der Waals surface area contributed by atoms with E-state index in [0.717, 1.165) is 10.0 Å². The summed E-state index contributed by atoms with van der Waals surface area (Å²) < 4.78 is 17.7. The van der Waals surface area contributed by atoms with Crippen molar-refractivity contribution in [1.82, 2.24) is 0 Å². The van der Waals surface area contributed by atoms with Crippen LogP contribution < -0.4 is 9.47 Å². The van der Waals surface area contributed by atoms with Crippen LogP contribution in [0.2, 0.25) is 5.02 Å². The van der Waals surface area contributed by atoms with Gasteiger partial charge in [0.05, 0.1) is 22.1 Å². The van der Waals surface area contributed by atoms with E-state index >= 15 is 0 Å². The predicted molar refractivity (Wildman–Crippen MR) is 135 cm³/mol. The summed E-state index contributed by atoms with van der Waals surface area (Å²) in [6.45, 7) is 2.31. The van der Waals surface area contributed by atoms with Crippen LogP contribution in [0.3, 0.4) is 0 Å². The Morgan fingerprint density at radius 3 is 2.57 bits per heavy atom. The number of carbonyl (C=O) groups is 1. The SMILES string of the molecule is CCOc1cc(/C=C2\N=C(c3ccccc3Br)OC2=O)cc(Cl)c1OCc1ccc([N+](=O)[O-])cc1. The van der Waals surface area contributed by atoms with Crippen molar-refractivity contribution in [2.24, 2.45) is 4.99 Å². The number of rotatable bonds is 8. The second-order valence-corrected chi connectivity index (χ2v) is 8.55. The minimum atomic E-state index is -0.580. The van der Waals surface area contributed by atoms with Gasteiger partial charge in [0.15, 0.2) is 17.2 Å². The average molecular weight is 558 g/mol. The van der Waals surface area contributed by atoms with Gasteiger partial charge in [0.2, 0.25) is 5.90 Å². The molecule has 0 spiro atoms. The molecule has 1 heterocycles. The van der Waals surface area contributed by atoms with E-state index in [1.54, 1.807) is 36.4 Å². The number of hydrogen-bond donors (Lipinski definition) is 0. The molecule has 0 unspecified atom stereocenters. The van der Waals surface area contributed by atoms with E-state index in [-0.39, 0.29) is 28.9 Å². The number of benzene rings is 3. The highest BCUT2D eigenvalue weighted by Crippen LogP contribution is 2.38. The Hall–Kier alpha value is -3.69. The number of hydrogen-bond acceptors (Lipinski definition) is 7. The molecule has 35 heavy (non-hydrogen) atoms. The second-order valence-electron chi connectivity index (χ2n) is 7.29. The number of non-ortho nitro benzene ring substituents is 1. The lowest BCUT2D eigenvalue weighted by Gasteiger charge is -2.14. The Bertz CT molecular complexity index is 1350. The summed E-state index contributed by atoms with van der Waals surface area (Å²) in [6.07, 6.45) is 1.56. The van der Waals surface area contributed by atoms with Gasteiger partial charge in [-0.05, 0) is 76.5 Å². The first-order valence-corrected chi connectivity index (χ1v) is 11.6. The fraction of sp³-hybridized carbons (Fsp3) is 0.120. The molecule has 0 fully saturated rings. The normalized spacial score (nSPS) is 14.0. The van der Waals surface area contributed by atoms with Gasteiger partial charge in [-0.15, -0.1) is 0 Å². The molecular formula is C25H18BrClN2O6. The molecule has 178 valence electrons. The minimum absolute atomic E-state index is 0.00458. The van der Waals surface area contributed by atoms with Gasteiger partial charge in [-0.25, -0.2) is 9.79 Å². The maximum atomic E-state index is 12.4. The lowest BCUT2D eigenvalue weighted by atomic mass is 10.1. The van der Waals surface area contributed by atoms with E-state index < -0.39 is 10.9 Å². The molecule has 0 radical (unpaired) electrons. The molecular weight excluding hydrogens is 540 g/mol. The molecule has 8 nitrogen and oxygen atoms in total. The summed E-state index contributed by atoms with van der Waals surface area (Å²) in [6, 6.07) is 16.6. The topological polar surface area (TPSA) is 100 Å². The second kappa shape index (κ2) is 10.7. The zero-order valence-corrected chi connectivity index (χ0v) is 20.7. The van der Waals surface area contributed by atoms with Crippen molar-refractivity contribution in [2.75, 3.05) is 6.61 Å². The summed E-state index contributed by atoms with van der Waals surface area (Å²) in [5, 5.41) is 11.1. The molecule has 0 atom stereocenters. The van der Waals surface area contributed by atoms with Gasteiger partial charge >= 0.3 is 5.97 Å². The van der Waals surface area contributed by atoms with Gasteiger partial charge in [0.1, 0.15) is 6.61 Å². The van der Waals surface area contributed by atoms with Crippen molar-refractivity contribution in [3.63, 3.8) is 0 Å². The number of esters is 1. The van der Waals surface area contributed by atoms with Crippen molar-refractivity contribution in [3.8, 4) is 11.5 Å². The smallest absolute Gasteiger partial charge is 0.363 e. The van der Waals surface area contributed by atoms with Gasteiger partial charge in [0, 0.05) is 16.6 Å². The molecule has 0 saturated carbocycles. The number of nitrogens with zero attached hydrogens (tertiary/aromatic N) is 2. The summed E-state index contributed by atoms with van der Waals surface area (Å²) in [7, 11) is 0. The van der Waals surface area contributed by atoms with Gasteiger partial charge in [0.25, 0.3) is 5.69 Å². The van der Waals surface area contributed by atoms with Gasteiger partial charge < -0.3 is 14.2 Å². The molecule has 0 aliphatic carbocycles. The summed E-state index contributed by atoms with van der Waals surface area (Å²) in [5.74, 6) is 0.326. The summed E-state index contributed by atoms with van der Waals surface area (Å²) >= 11 is 9.92. The first kappa shape index (κ1) is 24.4. The number of nitro benzene ring substituents is 1. The molecule has 1 aliphatic heterocycles. The Morgan fingerprint density at radius 1 is 1.14 bits per heavy atom. The van der Waals surface area contributed by atoms with E-state index in [2.05, 4.69) is 20.9 Å². The van der Waals surface area contributed by atoms with Crippen LogP contribution in [0, 0.1) is 10.1 Å². The number of cyclic esters (lactones) is 1. The lowest BCUT2D eigenvalue weighted by Crippen LogP contribution is -2.05. The van der Waals surface area contributed by atoms with E-state index in [1.165, 1.54) is 12.1 Å². The fourth-order valence-electron chi connectivity index (χ4n) is 3.26. The monoisotopic (exact) mass is 556 g/mol. The zero-order chi connectivity index (χ0) is 24.9. The first-order chi connectivity index (χ1) is 16.9. The van der Waals surface area contributed by atoms with E-state index in [1.807, 2.05) is 25.1 Å². The third-order valence-electron chi connectivity index (χ3n) is 4.89. The van der Waals surface area contributed by atoms with Crippen LogP contribution in [-0.4, -0.2) is 23.4 Å². The highest BCUT2D eigenvalue weighted by molar-refractivity contribution is 9.10. The lowest BCUT2D eigenvalue weighted by molar-refractivity contribution is -0.384. The number of carbonyl (C=O) groups excluding carboxylic acids is 1. The highest BCUT2D eigenvalue weighted by atomic mass is 79.9. The van der Waals surface area contributed by atoms with Crippen molar-refractivity contribution in [2.45, 2.75) is 13.5 Å². The van der Waals surface area contributed by atoms with Crippen LogP contribution in [0.4, 0.5) is 5.69 Å². The Balaban J connectivity index is 1.59. The minimum Gasteiger partial charge on any atom is -0.490 e. The van der Waals surface area contributed by atoms with E-state index in [9.17, 15) is 14.9 Å². The Kier molecular flexibility index (Phi) is 7.48. The number of nitro groups is 1. The zero-order valence-electron chi connectivity index (χ0n) is 18.4. The molecule has 0 saturated heterocycles. The molecule has 0 N–H and O–H groups in total. The Labute approximate surface area is 214 Å². The van der Waals surface area contributed by atoms with Crippen molar-refractivity contribution in [1.29, 1.82) is 0 Å². The molecule has 1 aliphatic rings. The summed E-state index contributed by atoms with van der Waals surface area (Å²) in [4.78, 5) is 27.1. The molecule has 10 heteroatoms. The Morgan fingerprint density at radius 2 is 1.89 bits per heavy atom. The standard InChI is InChI=1S/C25H18BrClN2O6/c1-2-33-22-13-16(12-21-25(30)35-24(28-21)18-5-3-4-6-19(18)26)11-20(27)23(22)34-14-15-7-9-17(10-8-15)29(31)32/h3-13H,2,14H2,1H3/b21-12-. The fourth-order valence-corrected chi connectivity index (χ4v) is 3.99. The van der Waals surface area contributed by atoms with Crippen LogP contribution >= 0.6 is 27.5 Å². The van der Waals surface area contributed by atoms with Crippen LogP contribution in [-0.2, 0) is 16.1 Å². The van der Waals surface area contributed by atoms with Gasteiger partial charge in [-0.3, -0.25) is 10.1 Å². The van der Waals surface area contributed by atoms with Crippen molar-refractivity contribution < 1.29 is 23.9 Å². The molecule has 4 rings (SSSR count). The predicted octanol–water partition coefficient (Wildman–Crippen LogP) is 6.33. The van der Waals surface area contributed by atoms with Crippen molar-refractivity contribution >= 4 is 51.2 Å². The maximum Gasteiger partial charge on any atom is 0.363 e. The van der Waals surface area contributed by atoms with Crippen LogP contribution in [0.1, 0.15) is 23.6 Å². The van der Waals surface area contributed by atoms with Crippen molar-refractivity contribution in [3.05, 3.63) is 103 Å². The average Bonchev–Trinajstić information content (AvgIpc) is 3.19. The summed E-state index contributed by atoms with van der Waals surface area (Å²) in [5.41, 5.74) is 2.07. The van der Waals surface area contributed by atoms with Gasteiger partial charge in [-0.2, -0.15) is 0 Å². The van der Waals surface area contributed by atoms with Gasteiger partial charge in [-0.1, -0.05) is 23.7 Å². The highest BCUT2D eigenvalue weighted by Gasteiger charge is 2.25. The molecule has 3 aromatic carbocycles. The largest absolute Gasteiger partial charge is 0.490 e. The molecule has 3 aromatic rings. The number of ether oxygens (including phenoxy) is 3. The third-order valence-corrected chi connectivity index (χ3v) is 5.86. The number of aliphatic imine (C=N–C) groups is 1. The first-order valence-electron chi connectivity index (χ1n) is 10.5. The van der Waals surface area contributed by atoms with Crippen LogP contribution in [0.5, 0.6) is 11.5 Å². The van der Waals surface area contributed by atoms with Crippen LogP contribution in [0.15, 0.2) is 75.8 Å². The molecule has 0 bridgehead atoms. The van der Waals surface area contributed by atoms with E-state index in [0.29, 0.717) is 29.2 Å². The molecule has 0 aromatic heterocycles. The van der Waals surface area contributed by atoms with Crippen LogP contribution in [0.25, 0.3) is 6.08 Å². The quantitative estimate of drug-likeness (QED) is 0.139. The number of halogens is 2. The maximum absolute atomic E-state index is 12.4. The third kappa shape index (κ3) is 5.70. The molecule has 0 amide bonds. The van der Waals surface area contributed by atoms with E-state index in [4.69, 9.17) is 25.8 Å².